The van der Waals surface area contributed by atoms with E-state index in [9.17, 15) is 4.79 Å². The third-order valence-electron chi connectivity index (χ3n) is 2.84. The molecule has 1 rings (SSSR count). The molecule has 0 aliphatic rings. The van der Waals surface area contributed by atoms with Crippen LogP contribution in [0, 0.1) is 6.92 Å². The first kappa shape index (κ1) is 13.8. The van der Waals surface area contributed by atoms with E-state index in [1.54, 1.807) is 0 Å². The van der Waals surface area contributed by atoms with Crippen LogP contribution in [0.15, 0.2) is 24.3 Å². The fraction of sp³-hybridized carbons (Fsp3) is 0.533. The molecule has 0 atom stereocenters. The van der Waals surface area contributed by atoms with Crippen molar-refractivity contribution < 1.29 is 4.79 Å². The SMILES string of the molecule is CCCCCCCC(=O)Nc1ccc(C)cc1. The molecular formula is C15H23NO. The van der Waals surface area contributed by atoms with Crippen LogP contribution >= 0.6 is 0 Å². The fourth-order valence-corrected chi connectivity index (χ4v) is 1.75. The van der Waals surface area contributed by atoms with Crippen molar-refractivity contribution >= 4 is 11.6 Å². The average molecular weight is 233 g/mol. The molecule has 0 saturated carbocycles. The number of carbonyl (C=O) groups is 1. The molecule has 0 heterocycles. The Hall–Kier alpha value is -1.31. The number of hydrogen-bond donors (Lipinski definition) is 1. The van der Waals surface area contributed by atoms with Crippen molar-refractivity contribution in [2.24, 2.45) is 0 Å². The van der Waals surface area contributed by atoms with Crippen molar-refractivity contribution in [2.75, 3.05) is 5.32 Å². The number of carbonyl (C=O) groups excluding carboxylic acids is 1. The number of rotatable bonds is 7. The summed E-state index contributed by atoms with van der Waals surface area (Å²) >= 11 is 0. The normalized spacial score (nSPS) is 10.2. The molecule has 17 heavy (non-hydrogen) atoms. The maximum atomic E-state index is 11.6. The van der Waals surface area contributed by atoms with E-state index < -0.39 is 0 Å². The summed E-state index contributed by atoms with van der Waals surface area (Å²) in [5, 5.41) is 2.92. The highest BCUT2D eigenvalue weighted by Gasteiger charge is 2.01. The van der Waals surface area contributed by atoms with E-state index >= 15 is 0 Å². The number of aryl methyl sites for hydroxylation is 1. The third kappa shape index (κ3) is 6.10. The minimum atomic E-state index is 0.130. The predicted octanol–water partition coefficient (Wildman–Crippen LogP) is 4.29. The van der Waals surface area contributed by atoms with Crippen molar-refractivity contribution in [2.45, 2.75) is 52.4 Å². The number of anilines is 1. The summed E-state index contributed by atoms with van der Waals surface area (Å²) in [4.78, 5) is 11.6. The van der Waals surface area contributed by atoms with E-state index in [0.29, 0.717) is 6.42 Å². The minimum Gasteiger partial charge on any atom is -0.326 e. The van der Waals surface area contributed by atoms with Crippen LogP contribution in [0.25, 0.3) is 0 Å². The molecule has 0 aromatic heterocycles. The summed E-state index contributed by atoms with van der Waals surface area (Å²) in [6.45, 7) is 4.24. The van der Waals surface area contributed by atoms with Gasteiger partial charge in [-0.25, -0.2) is 0 Å². The van der Waals surface area contributed by atoms with Crippen LogP contribution < -0.4 is 5.32 Å². The first-order chi connectivity index (χ1) is 8.22. The van der Waals surface area contributed by atoms with Gasteiger partial charge < -0.3 is 5.32 Å². The predicted molar refractivity (Wildman–Crippen MR) is 73.2 cm³/mol. The lowest BCUT2D eigenvalue weighted by Crippen LogP contribution is -2.10. The summed E-state index contributed by atoms with van der Waals surface area (Å²) in [5.74, 6) is 0.130. The van der Waals surface area contributed by atoms with Gasteiger partial charge in [0.15, 0.2) is 0 Å². The first-order valence-corrected chi connectivity index (χ1v) is 6.59. The zero-order valence-corrected chi connectivity index (χ0v) is 11.0. The quantitative estimate of drug-likeness (QED) is 0.699. The van der Waals surface area contributed by atoms with Gasteiger partial charge in [-0.05, 0) is 25.5 Å². The Morgan fingerprint density at radius 3 is 2.35 bits per heavy atom. The Kier molecular flexibility index (Phi) is 6.38. The molecule has 1 N–H and O–H groups in total. The highest BCUT2D eigenvalue weighted by molar-refractivity contribution is 5.90. The van der Waals surface area contributed by atoms with Gasteiger partial charge in [0.1, 0.15) is 0 Å². The van der Waals surface area contributed by atoms with Crippen molar-refractivity contribution in [3.8, 4) is 0 Å². The van der Waals surface area contributed by atoms with Crippen molar-refractivity contribution in [3.05, 3.63) is 29.8 Å². The number of nitrogens with one attached hydrogen (secondary N) is 1. The average Bonchev–Trinajstić information content (AvgIpc) is 2.32. The van der Waals surface area contributed by atoms with Crippen molar-refractivity contribution in [1.29, 1.82) is 0 Å². The van der Waals surface area contributed by atoms with Crippen molar-refractivity contribution in [3.63, 3.8) is 0 Å². The molecule has 1 aromatic rings. The van der Waals surface area contributed by atoms with E-state index in [1.165, 1.54) is 24.8 Å². The molecule has 0 saturated heterocycles. The molecule has 1 aromatic carbocycles. The minimum absolute atomic E-state index is 0.130. The second-order valence-corrected chi connectivity index (χ2v) is 4.58. The van der Waals surface area contributed by atoms with Crippen LogP contribution in [-0.4, -0.2) is 5.91 Å². The Morgan fingerprint density at radius 1 is 1.06 bits per heavy atom. The zero-order valence-electron chi connectivity index (χ0n) is 11.0. The maximum absolute atomic E-state index is 11.6. The summed E-state index contributed by atoms with van der Waals surface area (Å²) in [6, 6.07) is 7.92. The van der Waals surface area contributed by atoms with E-state index in [4.69, 9.17) is 0 Å². The van der Waals surface area contributed by atoms with Gasteiger partial charge in [0.25, 0.3) is 0 Å². The van der Waals surface area contributed by atoms with Gasteiger partial charge in [-0.1, -0.05) is 50.3 Å². The highest BCUT2D eigenvalue weighted by Crippen LogP contribution is 2.10. The number of hydrogen-bond acceptors (Lipinski definition) is 1. The topological polar surface area (TPSA) is 29.1 Å². The molecule has 0 unspecified atom stereocenters. The Balaban J connectivity index is 2.18. The van der Waals surface area contributed by atoms with Gasteiger partial charge in [0, 0.05) is 12.1 Å². The smallest absolute Gasteiger partial charge is 0.224 e. The van der Waals surface area contributed by atoms with E-state index in [-0.39, 0.29) is 5.91 Å². The second-order valence-electron chi connectivity index (χ2n) is 4.58. The molecule has 2 heteroatoms. The van der Waals surface area contributed by atoms with E-state index in [2.05, 4.69) is 12.2 Å². The molecule has 0 radical (unpaired) electrons. The molecule has 94 valence electrons. The second kappa shape index (κ2) is 7.88. The molecule has 0 bridgehead atoms. The van der Waals surface area contributed by atoms with Crippen LogP contribution in [-0.2, 0) is 4.79 Å². The zero-order chi connectivity index (χ0) is 12.5. The van der Waals surface area contributed by atoms with Crippen LogP contribution in [0.3, 0.4) is 0 Å². The largest absolute Gasteiger partial charge is 0.326 e. The highest BCUT2D eigenvalue weighted by atomic mass is 16.1. The molecule has 2 nitrogen and oxygen atoms in total. The summed E-state index contributed by atoms with van der Waals surface area (Å²) in [7, 11) is 0. The van der Waals surface area contributed by atoms with Crippen LogP contribution in [0.2, 0.25) is 0 Å². The van der Waals surface area contributed by atoms with Crippen LogP contribution in [0.4, 0.5) is 5.69 Å². The van der Waals surface area contributed by atoms with Gasteiger partial charge in [0.05, 0.1) is 0 Å². The lowest BCUT2D eigenvalue weighted by molar-refractivity contribution is -0.116. The van der Waals surface area contributed by atoms with Gasteiger partial charge >= 0.3 is 0 Å². The number of amides is 1. The first-order valence-electron chi connectivity index (χ1n) is 6.59. The number of benzene rings is 1. The summed E-state index contributed by atoms with van der Waals surface area (Å²) in [6.07, 6.45) is 6.56. The Morgan fingerprint density at radius 2 is 1.71 bits per heavy atom. The Bertz CT molecular complexity index is 329. The van der Waals surface area contributed by atoms with Crippen LogP contribution in [0.1, 0.15) is 51.0 Å². The summed E-state index contributed by atoms with van der Waals surface area (Å²) in [5.41, 5.74) is 2.11. The Labute approximate surface area is 104 Å². The van der Waals surface area contributed by atoms with Gasteiger partial charge in [-0.15, -0.1) is 0 Å². The van der Waals surface area contributed by atoms with Gasteiger partial charge in [0.2, 0.25) is 5.91 Å². The standard InChI is InChI=1S/C15H23NO/c1-3-4-5-6-7-8-15(17)16-14-11-9-13(2)10-12-14/h9-12H,3-8H2,1-2H3,(H,16,17). The third-order valence-corrected chi connectivity index (χ3v) is 2.84. The van der Waals surface area contributed by atoms with E-state index in [0.717, 1.165) is 18.5 Å². The van der Waals surface area contributed by atoms with E-state index in [1.807, 2.05) is 31.2 Å². The van der Waals surface area contributed by atoms with Crippen molar-refractivity contribution in [1.82, 2.24) is 0 Å². The summed E-state index contributed by atoms with van der Waals surface area (Å²) < 4.78 is 0. The molecule has 0 spiro atoms. The molecule has 0 aliphatic carbocycles. The molecule has 0 aliphatic heterocycles. The van der Waals surface area contributed by atoms with Gasteiger partial charge in [-0.3, -0.25) is 4.79 Å². The van der Waals surface area contributed by atoms with Gasteiger partial charge in [-0.2, -0.15) is 0 Å². The maximum Gasteiger partial charge on any atom is 0.224 e. The molecule has 1 amide bonds. The fourth-order valence-electron chi connectivity index (χ4n) is 1.75. The monoisotopic (exact) mass is 233 g/mol. The van der Waals surface area contributed by atoms with Crippen LogP contribution in [0.5, 0.6) is 0 Å². The number of unbranched alkanes of at least 4 members (excludes halogenated alkanes) is 4. The molecular weight excluding hydrogens is 210 g/mol. The molecule has 0 fully saturated rings. The lowest BCUT2D eigenvalue weighted by Gasteiger charge is -2.05. The lowest BCUT2D eigenvalue weighted by atomic mass is 10.1.